The number of hydrogen-bond donors (Lipinski definition) is 1. The number of rotatable bonds is 2. The van der Waals surface area contributed by atoms with Crippen molar-refractivity contribution in [3.05, 3.63) is 0 Å². The third-order valence-corrected chi connectivity index (χ3v) is 3.61. The predicted octanol–water partition coefficient (Wildman–Crippen LogP) is 2.81. The van der Waals surface area contributed by atoms with Crippen LogP contribution in [0, 0.1) is 24.2 Å². The molecule has 0 spiro atoms. The van der Waals surface area contributed by atoms with Gasteiger partial charge in [0.05, 0.1) is 5.54 Å². The van der Waals surface area contributed by atoms with Gasteiger partial charge in [-0.1, -0.05) is 32.6 Å². The SMILES string of the molecule is C#CC(C)(C)NC1CCCC(C)C1C. The molecular weight excluding hydrogens is 170 g/mol. The minimum Gasteiger partial charge on any atom is -0.299 e. The maximum absolute atomic E-state index is 5.49. The largest absolute Gasteiger partial charge is 0.299 e. The van der Waals surface area contributed by atoms with Crippen LogP contribution in [0.1, 0.15) is 47.0 Å². The molecule has 1 aliphatic rings. The Morgan fingerprint density at radius 1 is 1.29 bits per heavy atom. The van der Waals surface area contributed by atoms with E-state index in [-0.39, 0.29) is 5.54 Å². The first-order valence-electron chi connectivity index (χ1n) is 5.72. The fourth-order valence-electron chi connectivity index (χ4n) is 2.29. The lowest BCUT2D eigenvalue weighted by Crippen LogP contribution is -2.50. The van der Waals surface area contributed by atoms with Crippen LogP contribution in [0.3, 0.4) is 0 Å². The molecule has 0 saturated heterocycles. The Morgan fingerprint density at radius 3 is 2.50 bits per heavy atom. The van der Waals surface area contributed by atoms with Crippen molar-refractivity contribution in [1.29, 1.82) is 0 Å². The van der Waals surface area contributed by atoms with Crippen molar-refractivity contribution in [2.75, 3.05) is 0 Å². The third kappa shape index (κ3) is 2.75. The molecule has 1 aliphatic carbocycles. The molecule has 0 amide bonds. The second kappa shape index (κ2) is 4.36. The van der Waals surface area contributed by atoms with Gasteiger partial charge in [-0.05, 0) is 32.1 Å². The Hall–Kier alpha value is -0.480. The first kappa shape index (κ1) is 11.6. The molecule has 1 fully saturated rings. The lowest BCUT2D eigenvalue weighted by Gasteiger charge is -2.38. The van der Waals surface area contributed by atoms with E-state index >= 15 is 0 Å². The molecule has 0 heterocycles. The molecule has 0 aromatic heterocycles. The average molecular weight is 193 g/mol. The van der Waals surface area contributed by atoms with E-state index in [4.69, 9.17) is 6.42 Å². The Kier molecular flexibility index (Phi) is 3.61. The van der Waals surface area contributed by atoms with E-state index in [2.05, 4.69) is 38.9 Å². The second-order valence-corrected chi connectivity index (χ2v) is 5.29. The molecule has 1 rings (SSSR count). The molecule has 0 radical (unpaired) electrons. The van der Waals surface area contributed by atoms with E-state index in [1.807, 2.05) is 0 Å². The summed E-state index contributed by atoms with van der Waals surface area (Å²) in [5.74, 6) is 4.39. The van der Waals surface area contributed by atoms with Crippen molar-refractivity contribution in [2.45, 2.75) is 58.5 Å². The first-order valence-corrected chi connectivity index (χ1v) is 5.72. The average Bonchev–Trinajstić information content (AvgIpc) is 2.13. The molecule has 3 unspecified atom stereocenters. The molecule has 1 heteroatoms. The summed E-state index contributed by atoms with van der Waals surface area (Å²) < 4.78 is 0. The van der Waals surface area contributed by atoms with E-state index < -0.39 is 0 Å². The van der Waals surface area contributed by atoms with Crippen molar-refractivity contribution >= 4 is 0 Å². The highest BCUT2D eigenvalue weighted by atomic mass is 15.0. The van der Waals surface area contributed by atoms with Crippen LogP contribution in [0.4, 0.5) is 0 Å². The monoisotopic (exact) mass is 193 g/mol. The van der Waals surface area contributed by atoms with Crippen LogP contribution in [-0.4, -0.2) is 11.6 Å². The van der Waals surface area contributed by atoms with Gasteiger partial charge in [0.2, 0.25) is 0 Å². The molecule has 14 heavy (non-hydrogen) atoms. The van der Waals surface area contributed by atoms with Crippen molar-refractivity contribution in [2.24, 2.45) is 11.8 Å². The van der Waals surface area contributed by atoms with E-state index in [1.54, 1.807) is 0 Å². The summed E-state index contributed by atoms with van der Waals surface area (Å²) in [6, 6.07) is 0.602. The highest BCUT2D eigenvalue weighted by Gasteiger charge is 2.30. The summed E-state index contributed by atoms with van der Waals surface area (Å²) in [7, 11) is 0. The number of terminal acetylenes is 1. The van der Waals surface area contributed by atoms with Gasteiger partial charge >= 0.3 is 0 Å². The minimum absolute atomic E-state index is 0.157. The normalized spacial score (nSPS) is 33.8. The smallest absolute Gasteiger partial charge is 0.0743 e. The lowest BCUT2D eigenvalue weighted by molar-refractivity contribution is 0.187. The summed E-state index contributed by atoms with van der Waals surface area (Å²) in [5.41, 5.74) is -0.157. The van der Waals surface area contributed by atoms with E-state index in [0.29, 0.717) is 6.04 Å². The van der Waals surface area contributed by atoms with Gasteiger partial charge in [0.1, 0.15) is 0 Å². The van der Waals surface area contributed by atoms with Crippen LogP contribution in [-0.2, 0) is 0 Å². The van der Waals surface area contributed by atoms with Gasteiger partial charge in [0.15, 0.2) is 0 Å². The van der Waals surface area contributed by atoms with Gasteiger partial charge in [-0.15, -0.1) is 6.42 Å². The van der Waals surface area contributed by atoms with Crippen molar-refractivity contribution in [1.82, 2.24) is 5.32 Å². The maximum Gasteiger partial charge on any atom is 0.0743 e. The van der Waals surface area contributed by atoms with Gasteiger partial charge in [-0.3, -0.25) is 5.32 Å². The molecule has 0 aliphatic heterocycles. The molecule has 0 aromatic rings. The molecule has 0 aromatic carbocycles. The Morgan fingerprint density at radius 2 is 1.93 bits per heavy atom. The number of nitrogens with one attached hydrogen (secondary N) is 1. The highest BCUT2D eigenvalue weighted by molar-refractivity contribution is 5.09. The molecule has 3 atom stereocenters. The second-order valence-electron chi connectivity index (χ2n) is 5.29. The maximum atomic E-state index is 5.49. The molecule has 1 nitrogen and oxygen atoms in total. The van der Waals surface area contributed by atoms with Gasteiger partial charge in [0.25, 0.3) is 0 Å². The zero-order valence-electron chi connectivity index (χ0n) is 9.93. The van der Waals surface area contributed by atoms with Crippen molar-refractivity contribution in [3.63, 3.8) is 0 Å². The fourth-order valence-corrected chi connectivity index (χ4v) is 2.29. The van der Waals surface area contributed by atoms with Crippen LogP contribution in [0.5, 0.6) is 0 Å². The van der Waals surface area contributed by atoms with Crippen LogP contribution in [0.25, 0.3) is 0 Å². The summed E-state index contributed by atoms with van der Waals surface area (Å²) in [4.78, 5) is 0. The molecular formula is C13H23N. The zero-order valence-corrected chi connectivity index (χ0v) is 9.93. The zero-order chi connectivity index (χ0) is 10.8. The Labute approximate surface area is 88.7 Å². The molecule has 80 valence electrons. The van der Waals surface area contributed by atoms with E-state index in [1.165, 1.54) is 19.3 Å². The molecule has 1 N–H and O–H groups in total. The highest BCUT2D eigenvalue weighted by Crippen LogP contribution is 2.30. The summed E-state index contributed by atoms with van der Waals surface area (Å²) in [5, 5.41) is 3.59. The van der Waals surface area contributed by atoms with Crippen LogP contribution in [0.2, 0.25) is 0 Å². The Balaban J connectivity index is 2.56. The van der Waals surface area contributed by atoms with Crippen LogP contribution >= 0.6 is 0 Å². The summed E-state index contributed by atoms with van der Waals surface area (Å²) in [6.07, 6.45) is 9.47. The van der Waals surface area contributed by atoms with Crippen LogP contribution < -0.4 is 5.32 Å². The van der Waals surface area contributed by atoms with E-state index in [9.17, 15) is 0 Å². The molecule has 0 bridgehead atoms. The fraction of sp³-hybridized carbons (Fsp3) is 0.846. The van der Waals surface area contributed by atoms with Gasteiger partial charge in [-0.25, -0.2) is 0 Å². The summed E-state index contributed by atoms with van der Waals surface area (Å²) in [6.45, 7) is 8.85. The first-order chi connectivity index (χ1) is 6.46. The molecule has 1 saturated carbocycles. The topological polar surface area (TPSA) is 12.0 Å². The van der Waals surface area contributed by atoms with Gasteiger partial charge < -0.3 is 0 Å². The van der Waals surface area contributed by atoms with Crippen molar-refractivity contribution in [3.8, 4) is 12.3 Å². The van der Waals surface area contributed by atoms with Gasteiger partial charge in [0, 0.05) is 6.04 Å². The summed E-state index contributed by atoms with van der Waals surface area (Å²) >= 11 is 0. The Bertz CT molecular complexity index is 224. The lowest BCUT2D eigenvalue weighted by atomic mass is 9.77. The standard InChI is InChI=1S/C13H23N/c1-6-13(4,5)14-12-9-7-8-10(2)11(12)3/h1,10-12,14H,7-9H2,2-5H3. The predicted molar refractivity (Wildman–Crippen MR) is 62.0 cm³/mol. The van der Waals surface area contributed by atoms with Crippen molar-refractivity contribution < 1.29 is 0 Å². The van der Waals surface area contributed by atoms with Crippen LogP contribution in [0.15, 0.2) is 0 Å². The minimum atomic E-state index is -0.157. The third-order valence-electron chi connectivity index (χ3n) is 3.61. The van der Waals surface area contributed by atoms with E-state index in [0.717, 1.165) is 11.8 Å². The number of hydrogen-bond acceptors (Lipinski definition) is 1. The van der Waals surface area contributed by atoms with Gasteiger partial charge in [-0.2, -0.15) is 0 Å². The quantitative estimate of drug-likeness (QED) is 0.665.